The molecular formula is C24H25N7O3S. The van der Waals surface area contributed by atoms with Crippen LogP contribution in [-0.4, -0.2) is 50.6 Å². The molecule has 35 heavy (non-hydrogen) atoms. The molecule has 0 spiro atoms. The number of nitrogens with two attached hydrogens (primary N) is 2. The summed E-state index contributed by atoms with van der Waals surface area (Å²) in [5.74, 6) is -0.460. The molecule has 0 radical (unpaired) electrons. The number of carbonyl (C=O) groups is 2. The third-order valence-corrected chi connectivity index (χ3v) is 6.41. The first-order valence-electron chi connectivity index (χ1n) is 10.7. The number of nitrogen functional groups attached to an aromatic ring is 1. The Balaban J connectivity index is 1.76. The standard InChI is InChI=1S/C24H25N7O3S/c1-24(2,12-32)28-11-16(33)29-15-5-3-4-14(10-15)19-17-18(25)20(21(26)34)35-23(17)31-22(30-19)13-6-8-27-9-7-13/h3-10,28,32H,11-12,25H2,1-2H3,(H2,26,34)(H,29,33). The van der Waals surface area contributed by atoms with Gasteiger partial charge in [0.25, 0.3) is 5.91 Å². The lowest BCUT2D eigenvalue weighted by molar-refractivity contribution is -0.115. The molecule has 180 valence electrons. The first-order chi connectivity index (χ1) is 16.7. The number of anilines is 2. The van der Waals surface area contributed by atoms with E-state index in [1.54, 1.807) is 56.6 Å². The molecule has 0 atom stereocenters. The van der Waals surface area contributed by atoms with Crippen LogP contribution in [0.3, 0.4) is 0 Å². The van der Waals surface area contributed by atoms with Gasteiger partial charge in [-0.3, -0.25) is 14.6 Å². The number of aliphatic hydroxyl groups excluding tert-OH is 1. The minimum atomic E-state index is -0.638. The molecule has 3 heterocycles. The van der Waals surface area contributed by atoms with Crippen LogP contribution in [-0.2, 0) is 4.79 Å². The predicted molar refractivity (Wildman–Crippen MR) is 137 cm³/mol. The fourth-order valence-electron chi connectivity index (χ4n) is 3.37. The molecule has 0 aliphatic rings. The molecule has 11 heteroatoms. The molecule has 0 aliphatic carbocycles. The van der Waals surface area contributed by atoms with Crippen molar-refractivity contribution < 1.29 is 14.7 Å². The third kappa shape index (κ3) is 5.27. The lowest BCUT2D eigenvalue weighted by Crippen LogP contribution is -2.46. The highest BCUT2D eigenvalue weighted by Gasteiger charge is 2.22. The van der Waals surface area contributed by atoms with Crippen molar-refractivity contribution in [1.29, 1.82) is 0 Å². The number of thiophene rings is 1. The topological polar surface area (TPSA) is 169 Å². The van der Waals surface area contributed by atoms with Gasteiger partial charge in [-0.05, 0) is 38.1 Å². The molecule has 3 aromatic heterocycles. The minimum Gasteiger partial charge on any atom is -0.397 e. The van der Waals surface area contributed by atoms with Crippen LogP contribution in [0.2, 0.25) is 0 Å². The maximum atomic E-state index is 12.5. The molecule has 1 aromatic carbocycles. The number of primary amides is 1. The number of carbonyl (C=O) groups excluding carboxylic acids is 2. The van der Waals surface area contributed by atoms with Crippen molar-refractivity contribution >= 4 is 44.7 Å². The number of rotatable bonds is 8. The first kappa shape index (κ1) is 24.2. The van der Waals surface area contributed by atoms with Gasteiger partial charge in [0.1, 0.15) is 9.71 Å². The smallest absolute Gasteiger partial charge is 0.260 e. The van der Waals surface area contributed by atoms with Gasteiger partial charge < -0.3 is 27.2 Å². The second kappa shape index (κ2) is 9.74. The van der Waals surface area contributed by atoms with Gasteiger partial charge in [0.15, 0.2) is 5.82 Å². The Morgan fingerprint density at radius 2 is 1.86 bits per heavy atom. The van der Waals surface area contributed by atoms with E-state index >= 15 is 0 Å². The largest absolute Gasteiger partial charge is 0.397 e. The highest BCUT2D eigenvalue weighted by molar-refractivity contribution is 7.21. The van der Waals surface area contributed by atoms with Gasteiger partial charge in [-0.1, -0.05) is 12.1 Å². The Kier molecular flexibility index (Phi) is 6.74. The van der Waals surface area contributed by atoms with Crippen molar-refractivity contribution in [1.82, 2.24) is 20.3 Å². The van der Waals surface area contributed by atoms with Crippen LogP contribution in [0, 0.1) is 0 Å². The number of hydrogen-bond acceptors (Lipinski definition) is 9. The van der Waals surface area contributed by atoms with Crippen molar-refractivity contribution in [2.45, 2.75) is 19.4 Å². The Labute approximate surface area is 205 Å². The molecule has 10 nitrogen and oxygen atoms in total. The van der Waals surface area contributed by atoms with Gasteiger partial charge in [0.05, 0.1) is 29.9 Å². The van der Waals surface area contributed by atoms with E-state index < -0.39 is 11.4 Å². The minimum absolute atomic E-state index is 0.0289. The SMILES string of the molecule is CC(C)(CO)NCC(=O)Nc1cccc(-c2nc(-c3ccncc3)nc3sc(C(N)=O)c(N)c23)c1. The number of nitrogens with zero attached hydrogens (tertiary/aromatic N) is 3. The summed E-state index contributed by atoms with van der Waals surface area (Å²) >= 11 is 1.11. The van der Waals surface area contributed by atoms with E-state index in [1.165, 1.54) is 0 Å². The summed E-state index contributed by atoms with van der Waals surface area (Å²) in [6, 6.07) is 10.7. The monoisotopic (exact) mass is 491 g/mol. The summed E-state index contributed by atoms with van der Waals surface area (Å²) in [6.45, 7) is 3.52. The van der Waals surface area contributed by atoms with E-state index in [4.69, 9.17) is 16.5 Å². The molecule has 0 saturated carbocycles. The number of benzene rings is 1. The average molecular weight is 492 g/mol. The fourth-order valence-corrected chi connectivity index (χ4v) is 4.32. The molecule has 0 saturated heterocycles. The summed E-state index contributed by atoms with van der Waals surface area (Å²) in [7, 11) is 0. The third-order valence-electron chi connectivity index (χ3n) is 5.29. The van der Waals surface area contributed by atoms with E-state index in [9.17, 15) is 14.7 Å². The van der Waals surface area contributed by atoms with Crippen LogP contribution in [0.5, 0.6) is 0 Å². The van der Waals surface area contributed by atoms with Gasteiger partial charge in [-0.15, -0.1) is 11.3 Å². The zero-order valence-electron chi connectivity index (χ0n) is 19.2. The number of amides is 2. The molecule has 0 fully saturated rings. The van der Waals surface area contributed by atoms with Gasteiger partial charge in [-0.25, -0.2) is 9.97 Å². The molecule has 0 bridgehead atoms. The van der Waals surface area contributed by atoms with E-state index in [1.807, 2.05) is 6.07 Å². The van der Waals surface area contributed by atoms with Crippen LogP contribution in [0.4, 0.5) is 11.4 Å². The second-order valence-corrected chi connectivity index (χ2v) is 9.54. The summed E-state index contributed by atoms with van der Waals surface area (Å²) in [6.07, 6.45) is 3.28. The number of hydrogen-bond donors (Lipinski definition) is 5. The summed E-state index contributed by atoms with van der Waals surface area (Å²) in [5.41, 5.74) is 14.0. The van der Waals surface area contributed by atoms with Gasteiger partial charge in [0, 0.05) is 34.7 Å². The van der Waals surface area contributed by atoms with Crippen molar-refractivity contribution in [2.75, 3.05) is 24.2 Å². The average Bonchev–Trinajstić information content (AvgIpc) is 3.20. The normalized spacial score (nSPS) is 11.5. The van der Waals surface area contributed by atoms with E-state index in [2.05, 4.69) is 20.6 Å². The van der Waals surface area contributed by atoms with Crippen LogP contribution in [0.25, 0.3) is 32.9 Å². The van der Waals surface area contributed by atoms with Crippen molar-refractivity contribution in [3.05, 3.63) is 53.7 Å². The molecule has 0 unspecified atom stereocenters. The van der Waals surface area contributed by atoms with Crippen LogP contribution >= 0.6 is 11.3 Å². The van der Waals surface area contributed by atoms with E-state index in [0.717, 1.165) is 16.9 Å². The van der Waals surface area contributed by atoms with Crippen molar-refractivity contribution in [2.24, 2.45) is 5.73 Å². The van der Waals surface area contributed by atoms with E-state index in [-0.39, 0.29) is 29.6 Å². The zero-order chi connectivity index (χ0) is 25.2. The highest BCUT2D eigenvalue weighted by Crippen LogP contribution is 2.39. The van der Waals surface area contributed by atoms with Gasteiger partial charge in [-0.2, -0.15) is 0 Å². The fraction of sp³-hybridized carbons (Fsp3) is 0.208. The van der Waals surface area contributed by atoms with Crippen LogP contribution in [0.15, 0.2) is 48.8 Å². The Morgan fingerprint density at radius 1 is 1.11 bits per heavy atom. The summed E-state index contributed by atoms with van der Waals surface area (Å²) in [4.78, 5) is 38.5. The number of aliphatic hydroxyl groups is 1. The lowest BCUT2D eigenvalue weighted by atomic mass is 10.1. The van der Waals surface area contributed by atoms with Gasteiger partial charge in [0.2, 0.25) is 5.91 Å². The maximum Gasteiger partial charge on any atom is 0.260 e. The zero-order valence-corrected chi connectivity index (χ0v) is 20.0. The molecular weight excluding hydrogens is 466 g/mol. The number of fused-ring (bicyclic) bond motifs is 1. The maximum absolute atomic E-state index is 12.5. The molecule has 0 aliphatic heterocycles. The van der Waals surface area contributed by atoms with Crippen LogP contribution in [0.1, 0.15) is 23.5 Å². The number of nitrogens with one attached hydrogen (secondary N) is 2. The first-order valence-corrected chi connectivity index (χ1v) is 11.6. The lowest BCUT2D eigenvalue weighted by Gasteiger charge is -2.23. The molecule has 7 N–H and O–H groups in total. The summed E-state index contributed by atoms with van der Waals surface area (Å²) in [5, 5.41) is 15.7. The van der Waals surface area contributed by atoms with Crippen molar-refractivity contribution in [3.8, 4) is 22.6 Å². The molecule has 4 rings (SSSR count). The molecule has 4 aromatic rings. The Hall–Kier alpha value is -3.93. The highest BCUT2D eigenvalue weighted by atomic mass is 32.1. The number of aromatic nitrogens is 3. The Morgan fingerprint density at radius 3 is 2.54 bits per heavy atom. The van der Waals surface area contributed by atoms with Gasteiger partial charge >= 0.3 is 0 Å². The second-order valence-electron chi connectivity index (χ2n) is 8.55. The number of pyridine rings is 1. The van der Waals surface area contributed by atoms with Crippen molar-refractivity contribution in [3.63, 3.8) is 0 Å². The summed E-state index contributed by atoms with van der Waals surface area (Å²) < 4.78 is 0. The van der Waals surface area contributed by atoms with E-state index in [0.29, 0.717) is 33.0 Å². The van der Waals surface area contributed by atoms with Crippen LogP contribution < -0.4 is 22.1 Å². The predicted octanol–water partition coefficient (Wildman–Crippen LogP) is 2.40. The molecule has 2 amide bonds. The Bertz CT molecular complexity index is 1400. The quantitative estimate of drug-likeness (QED) is 0.250.